The third-order valence-corrected chi connectivity index (χ3v) is 1.91. The van der Waals surface area contributed by atoms with E-state index in [0.29, 0.717) is 12.8 Å². The van der Waals surface area contributed by atoms with Gasteiger partial charge in [-0.3, -0.25) is 4.79 Å². The van der Waals surface area contributed by atoms with Crippen LogP contribution in [0.15, 0.2) is 12.5 Å². The Morgan fingerprint density at radius 1 is 1.57 bits per heavy atom. The van der Waals surface area contributed by atoms with Crippen LogP contribution in [0.3, 0.4) is 0 Å². The second kappa shape index (κ2) is 4.56. The van der Waals surface area contributed by atoms with E-state index >= 15 is 0 Å². The van der Waals surface area contributed by atoms with Crippen LogP contribution in [0.2, 0.25) is 0 Å². The molecule has 14 heavy (non-hydrogen) atoms. The zero-order chi connectivity index (χ0) is 10.4. The summed E-state index contributed by atoms with van der Waals surface area (Å²) < 4.78 is 15.0. The molecule has 1 heterocycles. The highest BCUT2D eigenvalue weighted by molar-refractivity contribution is 5.70. The summed E-state index contributed by atoms with van der Waals surface area (Å²) in [4.78, 5) is 11.1. The largest absolute Gasteiger partial charge is 0.469 e. The van der Waals surface area contributed by atoms with Crippen LogP contribution in [0.1, 0.15) is 19.3 Å². The highest BCUT2D eigenvalue weighted by atomic mass is 16.7. The smallest absolute Gasteiger partial charge is 0.313 e. The lowest BCUT2D eigenvalue weighted by Crippen LogP contribution is -2.33. The molecule has 0 saturated heterocycles. The number of carbonyl (C=O) groups excluding carboxylic acids is 1. The summed E-state index contributed by atoms with van der Waals surface area (Å²) in [6, 6.07) is 0. The van der Waals surface area contributed by atoms with Gasteiger partial charge >= 0.3 is 5.97 Å². The maximum Gasteiger partial charge on any atom is 0.313 e. The molecule has 0 fully saturated rings. The Labute approximate surface area is 82.8 Å². The van der Waals surface area contributed by atoms with Crippen LogP contribution in [-0.2, 0) is 19.0 Å². The molecule has 0 unspecified atom stereocenters. The lowest BCUT2D eigenvalue weighted by atomic mass is 10.1. The quantitative estimate of drug-likeness (QED) is 0.500. The van der Waals surface area contributed by atoms with Crippen molar-refractivity contribution in [3.63, 3.8) is 0 Å². The van der Waals surface area contributed by atoms with Gasteiger partial charge in [0, 0.05) is 12.8 Å². The van der Waals surface area contributed by atoms with Crippen LogP contribution >= 0.6 is 0 Å². The van der Waals surface area contributed by atoms with Gasteiger partial charge in [-0.1, -0.05) is 0 Å². The fourth-order valence-corrected chi connectivity index (χ4v) is 1.18. The topological polar surface area (TPSA) is 44.8 Å². The summed E-state index contributed by atoms with van der Waals surface area (Å²) in [7, 11) is 1.32. The van der Waals surface area contributed by atoms with Crippen molar-refractivity contribution in [2.75, 3.05) is 7.11 Å². The molecular formula is C10H12O4. The van der Waals surface area contributed by atoms with E-state index in [1.807, 2.05) is 0 Å². The Hall–Kier alpha value is -1.63. The van der Waals surface area contributed by atoms with Crippen LogP contribution in [0.25, 0.3) is 0 Å². The Balaban J connectivity index is 2.54. The van der Waals surface area contributed by atoms with Crippen LogP contribution in [0.4, 0.5) is 0 Å². The van der Waals surface area contributed by atoms with E-state index in [4.69, 9.17) is 15.9 Å². The van der Waals surface area contributed by atoms with E-state index in [9.17, 15) is 4.79 Å². The van der Waals surface area contributed by atoms with Crippen molar-refractivity contribution in [1.29, 1.82) is 0 Å². The molecule has 0 radical (unpaired) electrons. The first-order valence-corrected chi connectivity index (χ1v) is 4.23. The van der Waals surface area contributed by atoms with Crippen molar-refractivity contribution in [3.8, 4) is 12.3 Å². The summed E-state index contributed by atoms with van der Waals surface area (Å²) in [5.41, 5.74) is 0. The third kappa shape index (κ3) is 2.43. The van der Waals surface area contributed by atoms with Crippen molar-refractivity contribution < 1.29 is 19.0 Å². The van der Waals surface area contributed by atoms with Gasteiger partial charge in [0.25, 0.3) is 5.79 Å². The fourth-order valence-electron chi connectivity index (χ4n) is 1.18. The van der Waals surface area contributed by atoms with Crippen molar-refractivity contribution >= 4 is 5.97 Å². The molecule has 0 bridgehead atoms. The van der Waals surface area contributed by atoms with E-state index in [1.165, 1.54) is 19.6 Å². The van der Waals surface area contributed by atoms with Crippen LogP contribution < -0.4 is 0 Å². The molecular weight excluding hydrogens is 184 g/mol. The van der Waals surface area contributed by atoms with Gasteiger partial charge in [0.1, 0.15) is 18.9 Å². The summed E-state index contributed by atoms with van der Waals surface area (Å²) in [5, 5.41) is 0. The average molecular weight is 196 g/mol. The lowest BCUT2D eigenvalue weighted by Gasteiger charge is -2.25. The molecule has 0 aromatic rings. The fraction of sp³-hybridized carbons (Fsp3) is 0.500. The number of esters is 1. The molecule has 0 atom stereocenters. The Morgan fingerprint density at radius 2 is 2.21 bits per heavy atom. The molecule has 0 aromatic heterocycles. The molecule has 4 nitrogen and oxygen atoms in total. The van der Waals surface area contributed by atoms with Gasteiger partial charge in [-0.05, 0) is 0 Å². The highest BCUT2D eigenvalue weighted by Gasteiger charge is 2.38. The van der Waals surface area contributed by atoms with Crippen molar-refractivity contribution in [3.05, 3.63) is 12.5 Å². The van der Waals surface area contributed by atoms with Gasteiger partial charge in [-0.2, -0.15) is 0 Å². The summed E-state index contributed by atoms with van der Waals surface area (Å²) in [6.45, 7) is 0. The van der Waals surface area contributed by atoms with Crippen LogP contribution in [0, 0.1) is 12.3 Å². The first kappa shape index (κ1) is 10.5. The Bertz CT molecular complexity index is 266. The minimum absolute atomic E-state index is 0.0399. The SMILES string of the molecule is C#CCCC1(CC(=O)OC)OC=CO1. The molecule has 0 aliphatic carbocycles. The zero-order valence-corrected chi connectivity index (χ0v) is 7.99. The molecule has 1 aliphatic rings. The maximum absolute atomic E-state index is 11.1. The van der Waals surface area contributed by atoms with E-state index in [1.54, 1.807) is 0 Å². The molecule has 1 rings (SSSR count). The zero-order valence-electron chi connectivity index (χ0n) is 7.99. The van der Waals surface area contributed by atoms with E-state index in [-0.39, 0.29) is 12.4 Å². The molecule has 0 saturated carbocycles. The molecule has 0 spiro atoms. The number of hydrogen-bond donors (Lipinski definition) is 0. The second-order valence-electron chi connectivity index (χ2n) is 2.88. The van der Waals surface area contributed by atoms with Gasteiger partial charge < -0.3 is 14.2 Å². The van der Waals surface area contributed by atoms with Gasteiger partial charge in [0.15, 0.2) is 0 Å². The molecule has 0 aromatic carbocycles. The molecule has 1 aliphatic heterocycles. The van der Waals surface area contributed by atoms with Gasteiger partial charge in [0.05, 0.1) is 7.11 Å². The predicted molar refractivity (Wildman–Crippen MR) is 48.7 cm³/mol. The summed E-state index contributed by atoms with van der Waals surface area (Å²) >= 11 is 0. The average Bonchev–Trinajstić information content (AvgIpc) is 2.64. The van der Waals surface area contributed by atoms with Crippen molar-refractivity contribution in [2.24, 2.45) is 0 Å². The van der Waals surface area contributed by atoms with Crippen molar-refractivity contribution in [2.45, 2.75) is 25.0 Å². The van der Waals surface area contributed by atoms with Crippen LogP contribution in [-0.4, -0.2) is 18.9 Å². The van der Waals surface area contributed by atoms with Crippen molar-refractivity contribution in [1.82, 2.24) is 0 Å². The van der Waals surface area contributed by atoms with E-state index < -0.39 is 5.79 Å². The van der Waals surface area contributed by atoms with Crippen LogP contribution in [0.5, 0.6) is 0 Å². The highest BCUT2D eigenvalue weighted by Crippen LogP contribution is 2.29. The minimum Gasteiger partial charge on any atom is -0.469 e. The molecule has 0 amide bonds. The number of methoxy groups -OCH3 is 1. The standard InChI is InChI=1S/C10H12O4/c1-3-4-5-10(8-9(11)12-2)13-6-7-14-10/h1,6-7H,4-5,8H2,2H3. The molecule has 4 heteroatoms. The summed E-state index contributed by atoms with van der Waals surface area (Å²) in [6.07, 6.45) is 8.92. The van der Waals surface area contributed by atoms with Gasteiger partial charge in [0.2, 0.25) is 0 Å². The number of rotatable bonds is 4. The van der Waals surface area contributed by atoms with E-state index in [2.05, 4.69) is 10.7 Å². The number of hydrogen-bond acceptors (Lipinski definition) is 4. The predicted octanol–water partition coefficient (Wildman–Crippen LogP) is 1.18. The molecule has 76 valence electrons. The minimum atomic E-state index is -0.959. The third-order valence-electron chi connectivity index (χ3n) is 1.91. The normalized spacial score (nSPS) is 16.6. The number of ether oxygens (including phenoxy) is 3. The van der Waals surface area contributed by atoms with E-state index in [0.717, 1.165) is 0 Å². The first-order valence-electron chi connectivity index (χ1n) is 4.23. The Morgan fingerprint density at radius 3 is 2.71 bits per heavy atom. The summed E-state index contributed by atoms with van der Waals surface area (Å²) in [5.74, 6) is 1.13. The monoisotopic (exact) mass is 196 g/mol. The lowest BCUT2D eigenvalue weighted by molar-refractivity contribution is -0.174. The molecule has 0 N–H and O–H groups in total. The van der Waals surface area contributed by atoms with Gasteiger partial charge in [-0.25, -0.2) is 0 Å². The van der Waals surface area contributed by atoms with Gasteiger partial charge in [-0.15, -0.1) is 12.3 Å². The number of terminal acetylenes is 1. The number of carbonyl (C=O) groups is 1. The second-order valence-corrected chi connectivity index (χ2v) is 2.88. The maximum atomic E-state index is 11.1. The first-order chi connectivity index (χ1) is 6.72. The Kier molecular flexibility index (Phi) is 3.41.